The first-order valence-corrected chi connectivity index (χ1v) is 5.41. The van der Waals surface area contributed by atoms with Crippen LogP contribution in [0.4, 0.5) is 0 Å². The fourth-order valence-corrected chi connectivity index (χ4v) is 1.84. The molecule has 0 atom stereocenters. The van der Waals surface area contributed by atoms with Gasteiger partial charge < -0.3 is 9.72 Å². The van der Waals surface area contributed by atoms with Crippen molar-refractivity contribution in [3.05, 3.63) is 30.0 Å². The fraction of sp³-hybridized carbons (Fsp3) is 0.308. The number of rotatable bonds is 4. The zero-order chi connectivity index (χ0) is 11.5. The van der Waals surface area contributed by atoms with E-state index in [-0.39, 0.29) is 5.78 Å². The van der Waals surface area contributed by atoms with Gasteiger partial charge in [0, 0.05) is 24.4 Å². The molecule has 0 fully saturated rings. The molecule has 2 rings (SSSR count). The van der Waals surface area contributed by atoms with Gasteiger partial charge in [0.05, 0.1) is 12.6 Å². The lowest BCUT2D eigenvalue weighted by molar-refractivity contribution is -0.118. The van der Waals surface area contributed by atoms with E-state index in [0.717, 1.165) is 22.2 Å². The molecule has 1 heterocycles. The largest absolute Gasteiger partial charge is 0.495 e. The van der Waals surface area contributed by atoms with Gasteiger partial charge in [-0.2, -0.15) is 0 Å². The molecular weight excluding hydrogens is 202 g/mol. The highest BCUT2D eigenvalue weighted by atomic mass is 16.5. The van der Waals surface area contributed by atoms with E-state index in [0.29, 0.717) is 12.8 Å². The summed E-state index contributed by atoms with van der Waals surface area (Å²) in [7, 11) is 1.65. The molecule has 0 amide bonds. The Bertz CT molecular complexity index is 514. The third-order valence-electron chi connectivity index (χ3n) is 2.76. The van der Waals surface area contributed by atoms with Crippen LogP contribution in [0.5, 0.6) is 5.75 Å². The highest BCUT2D eigenvalue weighted by Crippen LogP contribution is 2.27. The Morgan fingerprint density at radius 2 is 2.25 bits per heavy atom. The minimum Gasteiger partial charge on any atom is -0.495 e. The average molecular weight is 217 g/mol. The number of ether oxygens (including phenoxy) is 1. The lowest BCUT2D eigenvalue weighted by Gasteiger charge is -2.01. The van der Waals surface area contributed by atoms with E-state index in [1.807, 2.05) is 31.3 Å². The standard InChI is InChI=1S/C13H15NO2/c1-3-10(15)7-9-8-14-13-11(9)5-4-6-12(13)16-2/h4-6,8,14H,3,7H2,1-2H3. The Balaban J connectivity index is 2.45. The van der Waals surface area contributed by atoms with Crippen molar-refractivity contribution in [3.63, 3.8) is 0 Å². The van der Waals surface area contributed by atoms with Gasteiger partial charge in [0.2, 0.25) is 0 Å². The maximum atomic E-state index is 11.4. The molecule has 16 heavy (non-hydrogen) atoms. The Labute approximate surface area is 94.4 Å². The maximum absolute atomic E-state index is 11.4. The molecule has 0 bridgehead atoms. The number of ketones is 1. The Hall–Kier alpha value is -1.77. The minimum atomic E-state index is 0.253. The summed E-state index contributed by atoms with van der Waals surface area (Å²) in [5.41, 5.74) is 2.00. The fourth-order valence-electron chi connectivity index (χ4n) is 1.84. The number of para-hydroxylation sites is 1. The maximum Gasteiger partial charge on any atom is 0.142 e. The third kappa shape index (κ3) is 1.81. The number of hydrogen-bond donors (Lipinski definition) is 1. The lowest BCUT2D eigenvalue weighted by atomic mass is 10.1. The van der Waals surface area contributed by atoms with Crippen molar-refractivity contribution in [1.29, 1.82) is 0 Å². The molecule has 0 aliphatic carbocycles. The molecular formula is C13H15NO2. The first-order chi connectivity index (χ1) is 7.76. The van der Waals surface area contributed by atoms with Gasteiger partial charge in [-0.05, 0) is 11.6 Å². The van der Waals surface area contributed by atoms with Crippen molar-refractivity contribution >= 4 is 16.7 Å². The SMILES string of the molecule is CCC(=O)Cc1c[nH]c2c(OC)cccc12. The molecule has 0 saturated heterocycles. The quantitative estimate of drug-likeness (QED) is 0.855. The van der Waals surface area contributed by atoms with Crippen LogP contribution in [0.25, 0.3) is 10.9 Å². The summed E-state index contributed by atoms with van der Waals surface area (Å²) in [5.74, 6) is 1.07. The molecule has 0 radical (unpaired) electrons. The average Bonchev–Trinajstić information content (AvgIpc) is 2.72. The number of Topliss-reactive ketones (excluding diaryl/α,β-unsaturated/α-hetero) is 1. The van der Waals surface area contributed by atoms with Gasteiger partial charge in [-0.25, -0.2) is 0 Å². The molecule has 1 aromatic heterocycles. The number of aromatic nitrogens is 1. The van der Waals surface area contributed by atoms with Crippen LogP contribution < -0.4 is 4.74 Å². The van der Waals surface area contributed by atoms with E-state index in [1.165, 1.54) is 0 Å². The molecule has 2 aromatic rings. The van der Waals surface area contributed by atoms with Crippen molar-refractivity contribution in [2.24, 2.45) is 0 Å². The third-order valence-corrected chi connectivity index (χ3v) is 2.76. The van der Waals surface area contributed by atoms with Gasteiger partial charge in [0.15, 0.2) is 0 Å². The first kappa shape index (κ1) is 10.7. The summed E-state index contributed by atoms with van der Waals surface area (Å²) in [4.78, 5) is 14.6. The Morgan fingerprint density at radius 3 is 2.94 bits per heavy atom. The minimum absolute atomic E-state index is 0.253. The molecule has 1 N–H and O–H groups in total. The summed E-state index contributed by atoms with van der Waals surface area (Å²) >= 11 is 0. The number of benzene rings is 1. The summed E-state index contributed by atoms with van der Waals surface area (Å²) in [5, 5.41) is 1.07. The lowest BCUT2D eigenvalue weighted by Crippen LogP contribution is -1.99. The number of methoxy groups -OCH3 is 1. The number of carbonyl (C=O) groups excluding carboxylic acids is 1. The van der Waals surface area contributed by atoms with Crippen LogP contribution in [-0.4, -0.2) is 17.9 Å². The van der Waals surface area contributed by atoms with E-state index in [9.17, 15) is 4.79 Å². The molecule has 0 unspecified atom stereocenters. The van der Waals surface area contributed by atoms with E-state index >= 15 is 0 Å². The summed E-state index contributed by atoms with van der Waals surface area (Å²) < 4.78 is 5.26. The number of aromatic amines is 1. The first-order valence-electron chi connectivity index (χ1n) is 5.41. The smallest absolute Gasteiger partial charge is 0.142 e. The summed E-state index contributed by atoms with van der Waals surface area (Å²) in [6.45, 7) is 1.89. The van der Waals surface area contributed by atoms with Gasteiger partial charge in [-0.3, -0.25) is 4.79 Å². The molecule has 1 aromatic carbocycles. The summed E-state index contributed by atoms with van der Waals surface area (Å²) in [6.07, 6.45) is 2.96. The number of H-pyrrole nitrogens is 1. The second-order valence-corrected chi connectivity index (χ2v) is 3.77. The zero-order valence-electron chi connectivity index (χ0n) is 9.54. The van der Waals surface area contributed by atoms with Crippen LogP contribution in [0.15, 0.2) is 24.4 Å². The Kier molecular flexibility index (Phi) is 2.95. The number of hydrogen-bond acceptors (Lipinski definition) is 2. The highest BCUT2D eigenvalue weighted by molar-refractivity contribution is 5.92. The number of fused-ring (bicyclic) bond motifs is 1. The normalized spacial score (nSPS) is 10.6. The van der Waals surface area contributed by atoms with Crippen molar-refractivity contribution in [3.8, 4) is 5.75 Å². The van der Waals surface area contributed by atoms with Crippen LogP contribution in [-0.2, 0) is 11.2 Å². The molecule has 3 nitrogen and oxygen atoms in total. The predicted octanol–water partition coefficient (Wildman–Crippen LogP) is 2.70. The van der Waals surface area contributed by atoms with E-state index in [2.05, 4.69) is 4.98 Å². The van der Waals surface area contributed by atoms with Crippen molar-refractivity contribution < 1.29 is 9.53 Å². The van der Waals surface area contributed by atoms with Crippen LogP contribution in [0.2, 0.25) is 0 Å². The van der Waals surface area contributed by atoms with Gasteiger partial charge in [0.1, 0.15) is 11.5 Å². The number of nitrogens with one attached hydrogen (secondary N) is 1. The van der Waals surface area contributed by atoms with Crippen molar-refractivity contribution in [2.75, 3.05) is 7.11 Å². The molecule has 3 heteroatoms. The van der Waals surface area contributed by atoms with Crippen molar-refractivity contribution in [1.82, 2.24) is 4.98 Å². The predicted molar refractivity (Wildman–Crippen MR) is 63.9 cm³/mol. The van der Waals surface area contributed by atoms with Crippen LogP contribution in [0.1, 0.15) is 18.9 Å². The number of carbonyl (C=O) groups is 1. The van der Waals surface area contributed by atoms with Crippen LogP contribution in [0.3, 0.4) is 0 Å². The second kappa shape index (κ2) is 4.39. The van der Waals surface area contributed by atoms with Gasteiger partial charge in [-0.1, -0.05) is 19.1 Å². The Morgan fingerprint density at radius 1 is 1.44 bits per heavy atom. The molecule has 0 aliphatic heterocycles. The topological polar surface area (TPSA) is 42.1 Å². The van der Waals surface area contributed by atoms with Crippen LogP contribution >= 0.6 is 0 Å². The van der Waals surface area contributed by atoms with E-state index in [1.54, 1.807) is 7.11 Å². The summed E-state index contributed by atoms with van der Waals surface area (Å²) in [6, 6.07) is 5.85. The second-order valence-electron chi connectivity index (χ2n) is 3.77. The zero-order valence-corrected chi connectivity index (χ0v) is 9.54. The monoisotopic (exact) mass is 217 g/mol. The molecule has 0 aliphatic rings. The van der Waals surface area contributed by atoms with Gasteiger partial charge >= 0.3 is 0 Å². The molecule has 0 spiro atoms. The van der Waals surface area contributed by atoms with E-state index < -0.39 is 0 Å². The van der Waals surface area contributed by atoms with Crippen molar-refractivity contribution in [2.45, 2.75) is 19.8 Å². The molecule has 84 valence electrons. The van der Waals surface area contributed by atoms with Gasteiger partial charge in [-0.15, -0.1) is 0 Å². The van der Waals surface area contributed by atoms with Gasteiger partial charge in [0.25, 0.3) is 0 Å². The van der Waals surface area contributed by atoms with E-state index in [4.69, 9.17) is 4.74 Å². The van der Waals surface area contributed by atoms with Crippen LogP contribution in [0, 0.1) is 0 Å². The molecule has 0 saturated carbocycles. The highest BCUT2D eigenvalue weighted by Gasteiger charge is 2.09.